The van der Waals surface area contributed by atoms with Crippen LogP contribution < -0.4 is 10.5 Å². The molecule has 0 amide bonds. The number of hydrogen-bond donors (Lipinski definition) is 1. The van der Waals surface area contributed by atoms with Gasteiger partial charge >= 0.3 is 0 Å². The molecule has 2 N–H and O–H groups in total. The highest BCUT2D eigenvalue weighted by molar-refractivity contribution is 5.94. The third-order valence-electron chi connectivity index (χ3n) is 2.94. The molecule has 0 aliphatic carbocycles. The lowest BCUT2D eigenvalue weighted by atomic mass is 10.1. The number of fused-ring (bicyclic) bond motifs is 1. The molecular formula is C15H19FN2O3. The Morgan fingerprint density at radius 2 is 2.10 bits per heavy atom. The number of halogens is 1. The summed E-state index contributed by atoms with van der Waals surface area (Å²) in [4.78, 5) is 4.14. The Morgan fingerprint density at radius 1 is 1.24 bits per heavy atom. The van der Waals surface area contributed by atoms with Crippen LogP contribution in [0, 0.1) is 5.82 Å². The first-order valence-electron chi connectivity index (χ1n) is 6.76. The molecular weight excluding hydrogens is 275 g/mol. The summed E-state index contributed by atoms with van der Waals surface area (Å²) in [5.74, 6) is -0.404. The van der Waals surface area contributed by atoms with Crippen LogP contribution in [0.2, 0.25) is 0 Å². The van der Waals surface area contributed by atoms with Crippen LogP contribution in [0.5, 0.6) is 5.75 Å². The molecule has 1 aromatic heterocycles. The number of rotatable bonds is 8. The molecule has 0 bridgehead atoms. The minimum absolute atomic E-state index is 0.111. The van der Waals surface area contributed by atoms with E-state index >= 15 is 0 Å². The van der Waals surface area contributed by atoms with Crippen LogP contribution in [-0.2, 0) is 9.47 Å². The first-order chi connectivity index (χ1) is 10.2. The number of anilines is 1. The summed E-state index contributed by atoms with van der Waals surface area (Å²) in [6.45, 7) is 1.86. The smallest absolute Gasteiger partial charge is 0.181 e. The predicted octanol–water partition coefficient (Wildman–Crippen LogP) is 2.39. The van der Waals surface area contributed by atoms with Gasteiger partial charge in [0.1, 0.15) is 12.1 Å². The maximum Gasteiger partial charge on any atom is 0.181 e. The van der Waals surface area contributed by atoms with E-state index < -0.39 is 5.82 Å². The first-order valence-corrected chi connectivity index (χ1v) is 6.76. The van der Waals surface area contributed by atoms with E-state index in [1.165, 1.54) is 6.07 Å². The van der Waals surface area contributed by atoms with Crippen LogP contribution in [-0.4, -0.2) is 38.5 Å². The lowest BCUT2D eigenvalue weighted by Gasteiger charge is -2.11. The zero-order valence-electron chi connectivity index (χ0n) is 12.0. The largest absolute Gasteiger partial charge is 0.486 e. The van der Waals surface area contributed by atoms with Crippen molar-refractivity contribution in [1.29, 1.82) is 0 Å². The molecule has 21 heavy (non-hydrogen) atoms. The van der Waals surface area contributed by atoms with Gasteiger partial charge in [0.15, 0.2) is 11.6 Å². The van der Waals surface area contributed by atoms with E-state index in [4.69, 9.17) is 19.9 Å². The Balaban J connectivity index is 1.96. The molecule has 0 saturated carbocycles. The van der Waals surface area contributed by atoms with Gasteiger partial charge in [-0.05, 0) is 18.6 Å². The minimum atomic E-state index is -0.516. The van der Waals surface area contributed by atoms with Gasteiger partial charge in [0.2, 0.25) is 0 Å². The summed E-state index contributed by atoms with van der Waals surface area (Å²) in [5, 5.41) is 0.676. The molecule has 0 unspecified atom stereocenters. The minimum Gasteiger partial charge on any atom is -0.486 e. The summed E-state index contributed by atoms with van der Waals surface area (Å²) in [7, 11) is 1.64. The van der Waals surface area contributed by atoms with Gasteiger partial charge < -0.3 is 19.9 Å². The molecule has 0 saturated heterocycles. The van der Waals surface area contributed by atoms with Gasteiger partial charge in [-0.15, -0.1) is 0 Å². The Hall–Kier alpha value is -1.92. The van der Waals surface area contributed by atoms with E-state index in [-0.39, 0.29) is 12.4 Å². The monoisotopic (exact) mass is 294 g/mol. The normalized spacial score (nSPS) is 11.0. The van der Waals surface area contributed by atoms with E-state index in [9.17, 15) is 4.39 Å². The Morgan fingerprint density at radius 3 is 2.90 bits per heavy atom. The number of nitrogen functional groups attached to an aromatic ring is 1. The zero-order chi connectivity index (χ0) is 15.1. The molecule has 2 rings (SSSR count). The van der Waals surface area contributed by atoms with Gasteiger partial charge in [-0.3, -0.25) is 4.98 Å². The molecule has 0 atom stereocenters. The van der Waals surface area contributed by atoms with Crippen molar-refractivity contribution in [1.82, 2.24) is 4.98 Å². The van der Waals surface area contributed by atoms with Crippen molar-refractivity contribution >= 4 is 16.6 Å². The number of nitrogens with two attached hydrogens (primary N) is 1. The number of pyridine rings is 1. The molecule has 2 aromatic rings. The Labute approximate surface area is 122 Å². The second-order valence-electron chi connectivity index (χ2n) is 4.48. The van der Waals surface area contributed by atoms with Crippen LogP contribution in [0.3, 0.4) is 0 Å². The van der Waals surface area contributed by atoms with Gasteiger partial charge in [0, 0.05) is 43.7 Å². The fraction of sp³-hybridized carbons (Fsp3) is 0.400. The quantitative estimate of drug-likeness (QED) is 0.598. The number of benzene rings is 1. The molecule has 6 heteroatoms. The van der Waals surface area contributed by atoms with Crippen LogP contribution in [0.4, 0.5) is 10.1 Å². The number of aromatic nitrogens is 1. The maximum atomic E-state index is 14.0. The molecule has 0 aliphatic rings. The third kappa shape index (κ3) is 4.03. The highest BCUT2D eigenvalue weighted by Crippen LogP contribution is 2.31. The Kier molecular flexibility index (Phi) is 5.71. The summed E-state index contributed by atoms with van der Waals surface area (Å²) in [6, 6.07) is 4.78. The number of methoxy groups -OCH3 is 1. The van der Waals surface area contributed by atoms with Crippen molar-refractivity contribution in [3.63, 3.8) is 0 Å². The Bertz CT molecular complexity index is 592. The highest BCUT2D eigenvalue weighted by Gasteiger charge is 2.13. The molecule has 0 spiro atoms. The van der Waals surface area contributed by atoms with Gasteiger partial charge in [-0.1, -0.05) is 0 Å². The molecule has 1 heterocycles. The number of ether oxygens (including phenoxy) is 3. The fourth-order valence-electron chi connectivity index (χ4n) is 1.96. The maximum absolute atomic E-state index is 14.0. The van der Waals surface area contributed by atoms with E-state index in [1.807, 2.05) is 0 Å². The van der Waals surface area contributed by atoms with E-state index in [0.29, 0.717) is 36.4 Å². The summed E-state index contributed by atoms with van der Waals surface area (Å²) in [6.07, 6.45) is 2.40. The van der Waals surface area contributed by atoms with Crippen molar-refractivity contribution in [2.45, 2.75) is 6.42 Å². The first kappa shape index (κ1) is 15.5. The summed E-state index contributed by atoms with van der Waals surface area (Å²) < 4.78 is 29.7. The average molecular weight is 294 g/mol. The second-order valence-corrected chi connectivity index (χ2v) is 4.48. The van der Waals surface area contributed by atoms with Crippen molar-refractivity contribution in [3.05, 3.63) is 30.2 Å². The lowest BCUT2D eigenvalue weighted by Crippen LogP contribution is -2.10. The lowest BCUT2D eigenvalue weighted by molar-refractivity contribution is 0.0800. The van der Waals surface area contributed by atoms with E-state index in [1.54, 1.807) is 25.4 Å². The van der Waals surface area contributed by atoms with E-state index in [2.05, 4.69) is 4.98 Å². The number of hydrogen-bond acceptors (Lipinski definition) is 5. The van der Waals surface area contributed by atoms with Gasteiger partial charge in [-0.2, -0.15) is 0 Å². The van der Waals surface area contributed by atoms with Crippen LogP contribution in [0.15, 0.2) is 24.4 Å². The van der Waals surface area contributed by atoms with Crippen molar-refractivity contribution < 1.29 is 18.6 Å². The van der Waals surface area contributed by atoms with Crippen molar-refractivity contribution in [3.8, 4) is 5.75 Å². The van der Waals surface area contributed by atoms with Crippen molar-refractivity contribution in [2.75, 3.05) is 39.3 Å². The second kappa shape index (κ2) is 7.75. The highest BCUT2D eigenvalue weighted by atomic mass is 19.1. The molecule has 1 aromatic carbocycles. The zero-order valence-corrected chi connectivity index (χ0v) is 12.0. The topological polar surface area (TPSA) is 66.6 Å². The van der Waals surface area contributed by atoms with Crippen LogP contribution in [0.1, 0.15) is 6.42 Å². The standard InChI is InChI=1S/C15H19FN2O3/c1-19-6-3-7-20-8-9-21-15-12(16)10-13(17)11-4-2-5-18-14(11)15/h2,4-5,10H,3,6-9,17H2,1H3. The van der Waals surface area contributed by atoms with Crippen LogP contribution >= 0.6 is 0 Å². The van der Waals surface area contributed by atoms with Gasteiger partial charge in [0.25, 0.3) is 0 Å². The fourth-order valence-corrected chi connectivity index (χ4v) is 1.96. The molecule has 0 aliphatic heterocycles. The van der Waals surface area contributed by atoms with Gasteiger partial charge in [0.05, 0.1) is 6.61 Å². The van der Waals surface area contributed by atoms with E-state index in [0.717, 1.165) is 6.42 Å². The van der Waals surface area contributed by atoms with Crippen LogP contribution in [0.25, 0.3) is 10.9 Å². The van der Waals surface area contributed by atoms with Crippen molar-refractivity contribution in [2.24, 2.45) is 0 Å². The van der Waals surface area contributed by atoms with Gasteiger partial charge in [-0.25, -0.2) is 4.39 Å². The molecule has 5 nitrogen and oxygen atoms in total. The number of nitrogens with zero attached hydrogens (tertiary/aromatic N) is 1. The SMILES string of the molecule is COCCCOCCOc1c(F)cc(N)c2cccnc12. The third-order valence-corrected chi connectivity index (χ3v) is 2.94. The molecule has 0 radical (unpaired) electrons. The molecule has 0 fully saturated rings. The average Bonchev–Trinajstić information content (AvgIpc) is 2.49. The summed E-state index contributed by atoms with van der Waals surface area (Å²) >= 11 is 0. The predicted molar refractivity (Wildman–Crippen MR) is 78.9 cm³/mol. The summed E-state index contributed by atoms with van der Waals surface area (Å²) in [5.41, 5.74) is 6.55. The molecule has 114 valence electrons.